The zero-order chi connectivity index (χ0) is 13.2. The summed E-state index contributed by atoms with van der Waals surface area (Å²) in [5.41, 5.74) is 0. The average molecular weight is 277 g/mol. The van der Waals surface area contributed by atoms with Gasteiger partial charge in [-0.2, -0.15) is 15.1 Å². The summed E-state index contributed by atoms with van der Waals surface area (Å²) in [7, 11) is -2.37. The summed E-state index contributed by atoms with van der Waals surface area (Å²) in [4.78, 5) is 0. The molecule has 1 N–H and O–H groups in total. The van der Waals surface area contributed by atoms with Gasteiger partial charge in [0.05, 0.1) is 17.3 Å². The molecule has 0 amide bonds. The maximum absolute atomic E-state index is 12.0. The number of nitrogens with one attached hydrogen (secondary N) is 1. The molecule has 0 saturated carbocycles. The van der Waals surface area contributed by atoms with E-state index in [4.69, 9.17) is 16.9 Å². The molecule has 1 unspecified atom stereocenters. The van der Waals surface area contributed by atoms with E-state index < -0.39 is 16.1 Å². The Morgan fingerprint density at radius 1 is 1.59 bits per heavy atom. The van der Waals surface area contributed by atoms with Crippen molar-refractivity contribution >= 4 is 21.6 Å². The zero-order valence-electron chi connectivity index (χ0n) is 9.68. The number of rotatable bonds is 4. The predicted octanol–water partition coefficient (Wildman–Crippen LogP) is 0.900. The van der Waals surface area contributed by atoms with Crippen molar-refractivity contribution in [1.29, 1.82) is 5.26 Å². The van der Waals surface area contributed by atoms with Crippen molar-refractivity contribution in [2.24, 2.45) is 13.0 Å². The van der Waals surface area contributed by atoms with Crippen molar-refractivity contribution in [1.82, 2.24) is 14.5 Å². The van der Waals surface area contributed by atoms with E-state index in [1.54, 1.807) is 13.8 Å². The minimum Gasteiger partial charge on any atom is -0.255 e. The van der Waals surface area contributed by atoms with E-state index in [0.29, 0.717) is 0 Å². The fraction of sp³-hybridized carbons (Fsp3) is 0.556. The Labute approximate surface area is 105 Å². The molecule has 0 fully saturated rings. The molecule has 1 atom stereocenters. The molecule has 1 heterocycles. The highest BCUT2D eigenvalue weighted by Gasteiger charge is 2.27. The lowest BCUT2D eigenvalue weighted by atomic mass is 10.1. The van der Waals surface area contributed by atoms with Gasteiger partial charge in [0, 0.05) is 7.05 Å². The maximum Gasteiger partial charge on any atom is 0.260 e. The number of hydrogen-bond donors (Lipinski definition) is 1. The first kappa shape index (κ1) is 14.0. The Morgan fingerprint density at radius 3 is 2.53 bits per heavy atom. The molecule has 8 heteroatoms. The van der Waals surface area contributed by atoms with E-state index in [9.17, 15) is 8.42 Å². The van der Waals surface area contributed by atoms with Gasteiger partial charge in [-0.25, -0.2) is 8.42 Å². The Hall–Kier alpha value is -1.10. The summed E-state index contributed by atoms with van der Waals surface area (Å²) < 4.78 is 27.4. The number of sulfonamides is 1. The lowest BCUT2D eigenvalue weighted by Gasteiger charge is -2.15. The number of hydrogen-bond acceptors (Lipinski definition) is 4. The summed E-state index contributed by atoms with van der Waals surface area (Å²) in [5.74, 6) is -0.137. The smallest absolute Gasteiger partial charge is 0.255 e. The Kier molecular flexibility index (Phi) is 4.14. The molecule has 6 nitrogen and oxygen atoms in total. The highest BCUT2D eigenvalue weighted by atomic mass is 35.5. The predicted molar refractivity (Wildman–Crippen MR) is 62.8 cm³/mol. The Morgan fingerprint density at radius 2 is 2.18 bits per heavy atom. The summed E-state index contributed by atoms with van der Waals surface area (Å²) in [6, 6.07) is 1.10. The Bertz CT molecular complexity index is 524. The highest BCUT2D eigenvalue weighted by Crippen LogP contribution is 2.20. The van der Waals surface area contributed by atoms with E-state index in [-0.39, 0.29) is 16.0 Å². The van der Waals surface area contributed by atoms with Crippen LogP contribution in [0.2, 0.25) is 5.02 Å². The normalized spacial score (nSPS) is 13.6. The molecule has 94 valence electrons. The third-order valence-corrected chi connectivity index (χ3v) is 4.13. The molecular formula is C9H13ClN4O2S. The highest BCUT2D eigenvalue weighted by molar-refractivity contribution is 7.89. The van der Waals surface area contributed by atoms with E-state index in [1.807, 2.05) is 6.07 Å². The van der Waals surface area contributed by atoms with Crippen LogP contribution in [0.4, 0.5) is 0 Å². The molecule has 0 bridgehead atoms. The molecule has 17 heavy (non-hydrogen) atoms. The summed E-state index contributed by atoms with van der Waals surface area (Å²) in [6.45, 7) is 3.50. The second-order valence-electron chi connectivity index (χ2n) is 3.89. The minimum absolute atomic E-state index is 0.0282. The summed E-state index contributed by atoms with van der Waals surface area (Å²) >= 11 is 5.75. The second-order valence-corrected chi connectivity index (χ2v) is 5.93. The second kappa shape index (κ2) is 5.04. The van der Waals surface area contributed by atoms with Crippen LogP contribution in [0.3, 0.4) is 0 Å². The number of nitrogens with zero attached hydrogens (tertiary/aromatic N) is 3. The molecular weight excluding hydrogens is 264 g/mol. The Balaban J connectivity index is 3.10. The zero-order valence-corrected chi connectivity index (χ0v) is 11.2. The fourth-order valence-electron chi connectivity index (χ4n) is 1.24. The monoisotopic (exact) mass is 276 g/mol. The van der Waals surface area contributed by atoms with Gasteiger partial charge in [-0.1, -0.05) is 25.4 Å². The van der Waals surface area contributed by atoms with Crippen LogP contribution < -0.4 is 4.72 Å². The van der Waals surface area contributed by atoms with Crippen molar-refractivity contribution in [3.63, 3.8) is 0 Å². The SMILES string of the molecule is CC(C)C(C#N)NS(=O)(=O)c1c(Cl)cnn1C. The summed E-state index contributed by atoms with van der Waals surface area (Å²) in [5, 5.41) is 12.5. The molecule has 1 aromatic rings. The van der Waals surface area contributed by atoms with Crippen molar-refractivity contribution in [2.45, 2.75) is 24.9 Å². The van der Waals surface area contributed by atoms with Crippen LogP contribution in [0.15, 0.2) is 11.2 Å². The van der Waals surface area contributed by atoms with Crippen LogP contribution >= 0.6 is 11.6 Å². The van der Waals surface area contributed by atoms with E-state index in [2.05, 4.69) is 9.82 Å². The van der Waals surface area contributed by atoms with Crippen LogP contribution in [0.5, 0.6) is 0 Å². The largest absolute Gasteiger partial charge is 0.260 e. The van der Waals surface area contributed by atoms with Gasteiger partial charge in [0.15, 0.2) is 5.03 Å². The van der Waals surface area contributed by atoms with Crippen molar-refractivity contribution in [3.8, 4) is 6.07 Å². The molecule has 0 aromatic carbocycles. The topological polar surface area (TPSA) is 87.8 Å². The van der Waals surface area contributed by atoms with Gasteiger partial charge < -0.3 is 0 Å². The lowest BCUT2D eigenvalue weighted by Crippen LogP contribution is -2.38. The van der Waals surface area contributed by atoms with Crippen LogP contribution in [0.25, 0.3) is 0 Å². The van der Waals surface area contributed by atoms with Crippen molar-refractivity contribution in [3.05, 3.63) is 11.2 Å². The fourth-order valence-corrected chi connectivity index (χ4v) is 3.18. The number of halogens is 1. The van der Waals surface area contributed by atoms with Gasteiger partial charge in [-0.05, 0) is 5.92 Å². The first-order chi connectivity index (χ1) is 7.79. The number of aryl methyl sites for hydroxylation is 1. The molecule has 0 aliphatic heterocycles. The van der Waals surface area contributed by atoms with Crippen LogP contribution in [-0.2, 0) is 17.1 Å². The van der Waals surface area contributed by atoms with Gasteiger partial charge in [-0.15, -0.1) is 0 Å². The van der Waals surface area contributed by atoms with Gasteiger partial charge in [0.2, 0.25) is 0 Å². The quantitative estimate of drug-likeness (QED) is 0.885. The molecule has 0 aliphatic carbocycles. The van der Waals surface area contributed by atoms with E-state index in [1.165, 1.54) is 13.2 Å². The van der Waals surface area contributed by atoms with E-state index >= 15 is 0 Å². The van der Waals surface area contributed by atoms with Crippen molar-refractivity contribution in [2.75, 3.05) is 0 Å². The first-order valence-corrected chi connectivity index (χ1v) is 6.75. The lowest BCUT2D eigenvalue weighted by molar-refractivity contribution is 0.508. The minimum atomic E-state index is -3.84. The summed E-state index contributed by atoms with van der Waals surface area (Å²) in [6.07, 6.45) is 1.24. The maximum atomic E-state index is 12.0. The third-order valence-electron chi connectivity index (χ3n) is 2.18. The standard InChI is InChI=1S/C9H13ClN4O2S/c1-6(2)8(4-11)13-17(15,16)9-7(10)5-12-14(9)3/h5-6,8,13H,1-3H3. The molecule has 0 spiro atoms. The van der Waals surface area contributed by atoms with Gasteiger partial charge in [0.1, 0.15) is 6.04 Å². The number of nitriles is 1. The van der Waals surface area contributed by atoms with Gasteiger partial charge in [0.25, 0.3) is 10.0 Å². The van der Waals surface area contributed by atoms with Crippen LogP contribution in [0, 0.1) is 17.2 Å². The van der Waals surface area contributed by atoms with Gasteiger partial charge in [-0.3, -0.25) is 4.68 Å². The van der Waals surface area contributed by atoms with Crippen LogP contribution in [-0.4, -0.2) is 24.2 Å². The molecule has 1 rings (SSSR count). The molecule has 0 radical (unpaired) electrons. The molecule has 0 aliphatic rings. The average Bonchev–Trinajstić information content (AvgIpc) is 2.55. The van der Waals surface area contributed by atoms with Crippen LogP contribution in [0.1, 0.15) is 13.8 Å². The van der Waals surface area contributed by atoms with Gasteiger partial charge >= 0.3 is 0 Å². The molecule has 1 aromatic heterocycles. The van der Waals surface area contributed by atoms with E-state index in [0.717, 1.165) is 4.68 Å². The molecule has 0 saturated heterocycles. The first-order valence-electron chi connectivity index (χ1n) is 4.89. The third kappa shape index (κ3) is 2.97. The van der Waals surface area contributed by atoms with Crippen molar-refractivity contribution < 1.29 is 8.42 Å². The number of aromatic nitrogens is 2.